The summed E-state index contributed by atoms with van der Waals surface area (Å²) < 4.78 is 5.67. The Morgan fingerprint density at radius 2 is 2.00 bits per heavy atom. The molecule has 0 fully saturated rings. The van der Waals surface area contributed by atoms with Crippen LogP contribution in [0.1, 0.15) is 34.1 Å². The van der Waals surface area contributed by atoms with Gasteiger partial charge in [-0.05, 0) is 34.7 Å². The first kappa shape index (κ1) is 13.4. The highest BCUT2D eigenvalue weighted by Crippen LogP contribution is 2.14. The molecule has 0 aromatic rings. The molecule has 0 amide bonds. The molecule has 0 saturated carbocycles. The van der Waals surface area contributed by atoms with E-state index in [1.54, 1.807) is 7.05 Å². The van der Waals surface area contributed by atoms with Gasteiger partial charge in [0.05, 0.1) is 18.1 Å². The van der Waals surface area contributed by atoms with Gasteiger partial charge in [0.1, 0.15) is 0 Å². The quantitative estimate of drug-likeness (QED) is 0.706. The Bertz CT molecular complexity index is 186. The Morgan fingerprint density at radius 3 is 2.29 bits per heavy atom. The van der Waals surface area contributed by atoms with Crippen molar-refractivity contribution in [3.8, 4) is 0 Å². The van der Waals surface area contributed by atoms with E-state index in [0.29, 0.717) is 0 Å². The van der Waals surface area contributed by atoms with E-state index in [9.17, 15) is 4.79 Å². The first-order valence-corrected chi connectivity index (χ1v) is 4.83. The zero-order chi connectivity index (χ0) is 11.4. The average molecular weight is 203 g/mol. The van der Waals surface area contributed by atoms with Crippen LogP contribution >= 0.6 is 0 Å². The third-order valence-electron chi connectivity index (χ3n) is 1.87. The van der Waals surface area contributed by atoms with Gasteiger partial charge < -0.3 is 15.2 Å². The summed E-state index contributed by atoms with van der Waals surface area (Å²) in [6, 6.07) is -0.147. The van der Waals surface area contributed by atoms with E-state index in [1.807, 2.05) is 27.7 Å². The lowest BCUT2D eigenvalue weighted by Crippen LogP contribution is -2.42. The highest BCUT2D eigenvalue weighted by atomic mass is 16.5. The molecule has 0 aliphatic heterocycles. The molecule has 0 heterocycles. The van der Waals surface area contributed by atoms with Crippen LogP contribution < -0.4 is 5.32 Å². The van der Waals surface area contributed by atoms with E-state index in [0.717, 1.165) is 0 Å². The Morgan fingerprint density at radius 1 is 1.50 bits per heavy atom. The maximum absolute atomic E-state index is 10.5. The van der Waals surface area contributed by atoms with Crippen LogP contribution in [-0.4, -0.2) is 35.9 Å². The van der Waals surface area contributed by atoms with Crippen LogP contribution in [0.5, 0.6) is 0 Å². The minimum Gasteiger partial charge on any atom is -0.481 e. The van der Waals surface area contributed by atoms with Gasteiger partial charge in [-0.25, -0.2) is 0 Å². The van der Waals surface area contributed by atoms with E-state index in [2.05, 4.69) is 5.32 Å². The maximum Gasteiger partial charge on any atom is 0.305 e. The number of carboxylic acid groups (broad SMARTS) is 1. The maximum atomic E-state index is 10.5. The summed E-state index contributed by atoms with van der Waals surface area (Å²) in [6.45, 7) is 7.75. The minimum atomic E-state index is -0.811. The standard InChI is InChI=1S/C10H21NO3/c1-7(14-10(2,3)4)8(11-5)6-9(12)13/h7-8,11H,6H2,1-5H3,(H,12,13)/t7-,8-/m1/s1. The van der Waals surface area contributed by atoms with Crippen molar-refractivity contribution in [1.82, 2.24) is 5.32 Å². The van der Waals surface area contributed by atoms with E-state index in [1.165, 1.54) is 0 Å². The Kier molecular flexibility index (Phi) is 5.08. The van der Waals surface area contributed by atoms with Gasteiger partial charge in [0.2, 0.25) is 0 Å². The van der Waals surface area contributed by atoms with Gasteiger partial charge in [0.25, 0.3) is 0 Å². The molecule has 0 radical (unpaired) electrons. The van der Waals surface area contributed by atoms with Gasteiger partial charge in [-0.15, -0.1) is 0 Å². The lowest BCUT2D eigenvalue weighted by Gasteiger charge is -2.30. The predicted octanol–water partition coefficient (Wildman–Crippen LogP) is 1.25. The third-order valence-corrected chi connectivity index (χ3v) is 1.87. The zero-order valence-electron chi connectivity index (χ0n) is 9.63. The number of hydrogen-bond donors (Lipinski definition) is 2. The van der Waals surface area contributed by atoms with E-state index >= 15 is 0 Å². The van der Waals surface area contributed by atoms with Crippen molar-refractivity contribution in [2.45, 2.75) is 51.9 Å². The van der Waals surface area contributed by atoms with E-state index in [-0.39, 0.29) is 24.2 Å². The van der Waals surface area contributed by atoms with E-state index < -0.39 is 5.97 Å². The molecule has 0 aromatic carbocycles. The topological polar surface area (TPSA) is 58.6 Å². The number of carbonyl (C=O) groups is 1. The summed E-state index contributed by atoms with van der Waals surface area (Å²) in [5, 5.41) is 11.6. The van der Waals surface area contributed by atoms with Crippen LogP contribution in [0.4, 0.5) is 0 Å². The molecular weight excluding hydrogens is 182 g/mol. The first-order valence-electron chi connectivity index (χ1n) is 4.83. The van der Waals surface area contributed by atoms with Gasteiger partial charge >= 0.3 is 5.97 Å². The molecule has 0 aliphatic rings. The number of carboxylic acids is 1. The Balaban J connectivity index is 4.17. The molecule has 4 heteroatoms. The van der Waals surface area contributed by atoms with Gasteiger partial charge in [0, 0.05) is 6.04 Å². The predicted molar refractivity (Wildman–Crippen MR) is 55.4 cm³/mol. The van der Waals surface area contributed by atoms with Crippen LogP contribution in [0.3, 0.4) is 0 Å². The molecule has 0 aliphatic carbocycles. The molecule has 0 spiro atoms. The molecule has 0 saturated heterocycles. The number of hydrogen-bond acceptors (Lipinski definition) is 3. The molecule has 0 aromatic heterocycles. The van der Waals surface area contributed by atoms with Gasteiger partial charge in [-0.1, -0.05) is 0 Å². The monoisotopic (exact) mass is 203 g/mol. The lowest BCUT2D eigenvalue weighted by molar-refractivity contribution is -0.139. The van der Waals surface area contributed by atoms with Crippen molar-refractivity contribution < 1.29 is 14.6 Å². The first-order chi connectivity index (χ1) is 6.26. The number of rotatable bonds is 5. The van der Waals surface area contributed by atoms with Crippen molar-refractivity contribution in [3.05, 3.63) is 0 Å². The van der Waals surface area contributed by atoms with Crippen molar-refractivity contribution in [1.29, 1.82) is 0 Å². The summed E-state index contributed by atoms with van der Waals surface area (Å²) in [6.07, 6.45) is -0.0376. The normalized spacial score (nSPS) is 16.4. The summed E-state index contributed by atoms with van der Waals surface area (Å²) in [4.78, 5) is 10.5. The molecule has 14 heavy (non-hydrogen) atoms. The Labute approximate surface area is 85.6 Å². The number of aliphatic carboxylic acids is 1. The zero-order valence-corrected chi connectivity index (χ0v) is 9.63. The second-order valence-electron chi connectivity index (χ2n) is 4.43. The molecule has 4 nitrogen and oxygen atoms in total. The van der Waals surface area contributed by atoms with Crippen molar-refractivity contribution in [3.63, 3.8) is 0 Å². The highest BCUT2D eigenvalue weighted by Gasteiger charge is 2.23. The van der Waals surface area contributed by atoms with Gasteiger partial charge in [-0.3, -0.25) is 4.79 Å². The second-order valence-corrected chi connectivity index (χ2v) is 4.43. The second kappa shape index (κ2) is 5.32. The average Bonchev–Trinajstić information content (AvgIpc) is 1.96. The van der Waals surface area contributed by atoms with Crippen molar-refractivity contribution in [2.75, 3.05) is 7.05 Å². The molecule has 0 bridgehead atoms. The molecule has 0 rings (SSSR count). The molecule has 2 atom stereocenters. The molecule has 2 N–H and O–H groups in total. The SMILES string of the molecule is CN[C@H](CC(=O)O)[C@@H](C)OC(C)(C)C. The number of nitrogens with one attached hydrogen (secondary N) is 1. The lowest BCUT2D eigenvalue weighted by atomic mass is 10.1. The molecular formula is C10H21NO3. The smallest absolute Gasteiger partial charge is 0.305 e. The van der Waals surface area contributed by atoms with E-state index in [4.69, 9.17) is 9.84 Å². The fourth-order valence-electron chi connectivity index (χ4n) is 1.33. The van der Waals surface area contributed by atoms with Crippen molar-refractivity contribution in [2.24, 2.45) is 0 Å². The molecule has 84 valence electrons. The van der Waals surface area contributed by atoms with Crippen molar-refractivity contribution >= 4 is 5.97 Å². The van der Waals surface area contributed by atoms with Crippen LogP contribution in [0.2, 0.25) is 0 Å². The fraction of sp³-hybridized carbons (Fsp3) is 0.900. The summed E-state index contributed by atoms with van der Waals surface area (Å²) in [7, 11) is 1.75. The summed E-state index contributed by atoms with van der Waals surface area (Å²) in [5.41, 5.74) is -0.243. The largest absolute Gasteiger partial charge is 0.481 e. The summed E-state index contributed by atoms with van der Waals surface area (Å²) in [5.74, 6) is -0.811. The minimum absolute atomic E-state index is 0.0771. The number of likely N-dealkylation sites (N-methyl/N-ethyl adjacent to an activating group) is 1. The highest BCUT2D eigenvalue weighted by molar-refractivity contribution is 5.67. The van der Waals surface area contributed by atoms with Crippen LogP contribution in [-0.2, 0) is 9.53 Å². The summed E-state index contributed by atoms with van der Waals surface area (Å²) >= 11 is 0. The van der Waals surface area contributed by atoms with Gasteiger partial charge in [0.15, 0.2) is 0 Å². The third kappa shape index (κ3) is 5.94. The van der Waals surface area contributed by atoms with Gasteiger partial charge in [-0.2, -0.15) is 0 Å². The fourth-order valence-corrected chi connectivity index (χ4v) is 1.33. The van der Waals surface area contributed by atoms with Crippen LogP contribution in [0, 0.1) is 0 Å². The number of ether oxygens (including phenoxy) is 1. The van der Waals surface area contributed by atoms with Crippen LogP contribution in [0.25, 0.3) is 0 Å². The molecule has 0 unspecified atom stereocenters. The van der Waals surface area contributed by atoms with Crippen LogP contribution in [0.15, 0.2) is 0 Å². The Hall–Kier alpha value is -0.610.